The molecule has 0 heterocycles. The maximum absolute atomic E-state index is 13.3. The molecule has 0 aliphatic heterocycles. The highest BCUT2D eigenvalue weighted by molar-refractivity contribution is 6.30. The molecule has 0 amide bonds. The van der Waals surface area contributed by atoms with Crippen LogP contribution < -0.4 is 5.32 Å². The minimum Gasteiger partial charge on any atom is -0.378 e. The summed E-state index contributed by atoms with van der Waals surface area (Å²) in [6.45, 7) is 6.19. The van der Waals surface area contributed by atoms with E-state index >= 15 is 0 Å². The van der Waals surface area contributed by atoms with Gasteiger partial charge in [0.15, 0.2) is 0 Å². The molecule has 1 N–H and O–H groups in total. The van der Waals surface area contributed by atoms with E-state index in [9.17, 15) is 4.39 Å². The molecule has 0 fully saturated rings. The summed E-state index contributed by atoms with van der Waals surface area (Å²) < 4.78 is 13.3. The molecule has 100 valence electrons. The predicted molar refractivity (Wildman–Crippen MR) is 79.4 cm³/mol. The molecule has 2 aromatic rings. The van der Waals surface area contributed by atoms with Gasteiger partial charge in [0.1, 0.15) is 5.82 Å². The van der Waals surface area contributed by atoms with E-state index < -0.39 is 0 Å². The molecular formula is C16H17ClFN. The van der Waals surface area contributed by atoms with Crippen molar-refractivity contribution in [1.82, 2.24) is 0 Å². The Morgan fingerprint density at radius 3 is 2.21 bits per heavy atom. The summed E-state index contributed by atoms with van der Waals surface area (Å²) in [5.74, 6) is -0.331. The van der Waals surface area contributed by atoms with E-state index in [1.165, 1.54) is 28.8 Å². The molecule has 1 atom stereocenters. The van der Waals surface area contributed by atoms with Crippen molar-refractivity contribution in [2.75, 3.05) is 5.32 Å². The van der Waals surface area contributed by atoms with E-state index in [4.69, 9.17) is 11.6 Å². The molecule has 0 bridgehead atoms. The van der Waals surface area contributed by atoms with Gasteiger partial charge in [0.2, 0.25) is 0 Å². The highest BCUT2D eigenvalue weighted by Crippen LogP contribution is 2.24. The molecule has 1 unspecified atom stereocenters. The van der Waals surface area contributed by atoms with Crippen LogP contribution in [0.3, 0.4) is 0 Å². The predicted octanol–water partition coefficient (Wildman–Crippen LogP) is 5.27. The molecule has 0 spiro atoms. The second-order valence-corrected chi connectivity index (χ2v) is 5.38. The van der Waals surface area contributed by atoms with E-state index in [-0.39, 0.29) is 11.9 Å². The van der Waals surface area contributed by atoms with Gasteiger partial charge < -0.3 is 5.32 Å². The molecule has 19 heavy (non-hydrogen) atoms. The van der Waals surface area contributed by atoms with Gasteiger partial charge in [-0.2, -0.15) is 0 Å². The molecule has 0 aliphatic rings. The van der Waals surface area contributed by atoms with Crippen LogP contribution in [-0.2, 0) is 0 Å². The van der Waals surface area contributed by atoms with Gasteiger partial charge in [-0.05, 0) is 44.5 Å². The van der Waals surface area contributed by atoms with Crippen molar-refractivity contribution < 1.29 is 4.39 Å². The summed E-state index contributed by atoms with van der Waals surface area (Å²) >= 11 is 5.85. The Kier molecular flexibility index (Phi) is 4.11. The molecule has 2 rings (SSSR count). The SMILES string of the molecule is Cc1cc(C)cc(C(C)Nc2cc(F)cc(Cl)c2)c1. The Balaban J connectivity index is 2.22. The fourth-order valence-corrected chi connectivity index (χ4v) is 2.45. The lowest BCUT2D eigenvalue weighted by Crippen LogP contribution is -2.07. The summed E-state index contributed by atoms with van der Waals surface area (Å²) in [4.78, 5) is 0. The minimum absolute atomic E-state index is 0.0940. The highest BCUT2D eigenvalue weighted by Gasteiger charge is 2.08. The third-order valence-corrected chi connectivity index (χ3v) is 3.21. The number of rotatable bonds is 3. The van der Waals surface area contributed by atoms with Gasteiger partial charge in [-0.25, -0.2) is 4.39 Å². The van der Waals surface area contributed by atoms with E-state index in [1.807, 2.05) is 6.92 Å². The highest BCUT2D eigenvalue weighted by atomic mass is 35.5. The van der Waals surface area contributed by atoms with Crippen LogP contribution in [0.2, 0.25) is 5.02 Å². The monoisotopic (exact) mass is 277 g/mol. The van der Waals surface area contributed by atoms with Gasteiger partial charge >= 0.3 is 0 Å². The van der Waals surface area contributed by atoms with Gasteiger partial charge in [-0.3, -0.25) is 0 Å². The smallest absolute Gasteiger partial charge is 0.126 e. The molecular weight excluding hydrogens is 261 g/mol. The first-order chi connectivity index (χ1) is 8.94. The van der Waals surface area contributed by atoms with Crippen molar-refractivity contribution in [2.45, 2.75) is 26.8 Å². The molecule has 0 saturated heterocycles. The van der Waals surface area contributed by atoms with Gasteiger partial charge in [0.05, 0.1) is 0 Å². The van der Waals surface area contributed by atoms with E-state index in [0.717, 1.165) is 0 Å². The number of halogens is 2. The molecule has 1 nitrogen and oxygen atoms in total. The normalized spacial score (nSPS) is 12.3. The van der Waals surface area contributed by atoms with Crippen molar-refractivity contribution in [2.24, 2.45) is 0 Å². The molecule has 0 radical (unpaired) electrons. The fraction of sp³-hybridized carbons (Fsp3) is 0.250. The Hall–Kier alpha value is -1.54. The van der Waals surface area contributed by atoms with Crippen molar-refractivity contribution in [1.29, 1.82) is 0 Å². The lowest BCUT2D eigenvalue weighted by molar-refractivity contribution is 0.628. The number of hydrogen-bond acceptors (Lipinski definition) is 1. The molecule has 3 heteroatoms. The molecule has 0 aliphatic carbocycles. The standard InChI is InChI=1S/C16H17ClFN/c1-10-4-11(2)6-13(5-10)12(3)19-16-8-14(17)7-15(18)9-16/h4-9,12,19H,1-3H3. The quantitative estimate of drug-likeness (QED) is 0.806. The Morgan fingerprint density at radius 1 is 1.00 bits per heavy atom. The number of nitrogens with one attached hydrogen (secondary N) is 1. The summed E-state index contributed by atoms with van der Waals surface area (Å²) in [6, 6.07) is 11.0. The average molecular weight is 278 g/mol. The largest absolute Gasteiger partial charge is 0.378 e. The van der Waals surface area contributed by atoms with Crippen LogP contribution in [-0.4, -0.2) is 0 Å². The second-order valence-electron chi connectivity index (χ2n) is 4.95. The zero-order valence-electron chi connectivity index (χ0n) is 11.3. The average Bonchev–Trinajstić information content (AvgIpc) is 2.25. The number of anilines is 1. The Morgan fingerprint density at radius 2 is 1.63 bits per heavy atom. The summed E-state index contributed by atoms with van der Waals surface area (Å²) in [5.41, 5.74) is 4.32. The van der Waals surface area contributed by atoms with E-state index in [1.54, 1.807) is 6.07 Å². The number of aryl methyl sites for hydroxylation is 2. The Labute approximate surface area is 118 Å². The zero-order chi connectivity index (χ0) is 14.0. The van der Waals surface area contributed by atoms with E-state index in [2.05, 4.69) is 37.4 Å². The first kappa shape index (κ1) is 13.9. The molecule has 0 saturated carbocycles. The van der Waals surface area contributed by atoms with Gasteiger partial charge in [-0.15, -0.1) is 0 Å². The third kappa shape index (κ3) is 3.71. The first-order valence-corrected chi connectivity index (χ1v) is 6.62. The number of hydrogen-bond donors (Lipinski definition) is 1. The summed E-state index contributed by atoms with van der Waals surface area (Å²) in [7, 11) is 0. The van der Waals surface area contributed by atoms with Gasteiger partial charge in [0.25, 0.3) is 0 Å². The van der Waals surface area contributed by atoms with Crippen LogP contribution in [0.1, 0.15) is 29.7 Å². The van der Waals surface area contributed by atoms with E-state index in [0.29, 0.717) is 10.7 Å². The third-order valence-electron chi connectivity index (χ3n) is 2.99. The van der Waals surface area contributed by atoms with Gasteiger partial charge in [-0.1, -0.05) is 40.9 Å². The zero-order valence-corrected chi connectivity index (χ0v) is 12.1. The van der Waals surface area contributed by atoms with Crippen LogP contribution in [0.25, 0.3) is 0 Å². The lowest BCUT2D eigenvalue weighted by atomic mass is 10.0. The number of benzene rings is 2. The van der Waals surface area contributed by atoms with Crippen LogP contribution >= 0.6 is 11.6 Å². The van der Waals surface area contributed by atoms with Gasteiger partial charge in [0, 0.05) is 16.8 Å². The van der Waals surface area contributed by atoms with Crippen molar-refractivity contribution >= 4 is 17.3 Å². The fourth-order valence-electron chi connectivity index (χ4n) is 2.23. The lowest BCUT2D eigenvalue weighted by Gasteiger charge is -2.17. The van der Waals surface area contributed by atoms with Crippen molar-refractivity contribution in [3.05, 3.63) is 63.9 Å². The van der Waals surface area contributed by atoms with Crippen LogP contribution in [0.15, 0.2) is 36.4 Å². The maximum Gasteiger partial charge on any atom is 0.126 e. The molecule has 2 aromatic carbocycles. The Bertz CT molecular complexity index is 555. The van der Waals surface area contributed by atoms with Crippen molar-refractivity contribution in [3.8, 4) is 0 Å². The van der Waals surface area contributed by atoms with Crippen LogP contribution in [0.4, 0.5) is 10.1 Å². The maximum atomic E-state index is 13.3. The van der Waals surface area contributed by atoms with Crippen LogP contribution in [0.5, 0.6) is 0 Å². The van der Waals surface area contributed by atoms with Crippen LogP contribution in [0, 0.1) is 19.7 Å². The first-order valence-electron chi connectivity index (χ1n) is 6.25. The summed E-state index contributed by atoms with van der Waals surface area (Å²) in [6.07, 6.45) is 0. The topological polar surface area (TPSA) is 12.0 Å². The minimum atomic E-state index is -0.331. The second kappa shape index (κ2) is 5.62. The van der Waals surface area contributed by atoms with Crippen molar-refractivity contribution in [3.63, 3.8) is 0 Å². The molecule has 0 aromatic heterocycles. The summed E-state index contributed by atoms with van der Waals surface area (Å²) in [5, 5.41) is 3.67.